The summed E-state index contributed by atoms with van der Waals surface area (Å²) in [5.74, 6) is -1.05. The van der Waals surface area contributed by atoms with Crippen molar-refractivity contribution >= 4 is 31.5 Å². The van der Waals surface area contributed by atoms with Gasteiger partial charge in [-0.25, -0.2) is 17.6 Å². The standard InChI is InChI=1S/C11H13ClFNO4S/c1-11(2,3)18-10(15)14-7-4-5-9(8(13)6-7)19(12,16)17/h4-6H,1-3H3,(H,14,15). The Morgan fingerprint density at radius 3 is 2.37 bits per heavy atom. The molecular weight excluding hydrogens is 297 g/mol. The number of benzene rings is 1. The maximum absolute atomic E-state index is 13.5. The van der Waals surface area contributed by atoms with Gasteiger partial charge >= 0.3 is 6.09 Å². The molecular formula is C11H13ClFNO4S. The zero-order chi connectivity index (χ0) is 14.8. The van der Waals surface area contributed by atoms with E-state index in [-0.39, 0.29) is 5.69 Å². The number of rotatable bonds is 2. The molecule has 0 spiro atoms. The number of anilines is 1. The number of ether oxygens (including phenoxy) is 1. The van der Waals surface area contributed by atoms with E-state index in [0.29, 0.717) is 0 Å². The van der Waals surface area contributed by atoms with Crippen LogP contribution in [0.15, 0.2) is 23.1 Å². The summed E-state index contributed by atoms with van der Waals surface area (Å²) < 4.78 is 40.4. The van der Waals surface area contributed by atoms with Gasteiger partial charge in [-0.2, -0.15) is 0 Å². The molecule has 0 aliphatic heterocycles. The molecule has 0 aromatic heterocycles. The minimum absolute atomic E-state index is 0.0656. The van der Waals surface area contributed by atoms with Crippen molar-refractivity contribution in [1.29, 1.82) is 0 Å². The molecule has 1 rings (SSSR count). The minimum atomic E-state index is -4.15. The molecule has 106 valence electrons. The van der Waals surface area contributed by atoms with Gasteiger partial charge in [0.1, 0.15) is 16.3 Å². The van der Waals surface area contributed by atoms with Crippen molar-refractivity contribution in [2.45, 2.75) is 31.3 Å². The number of hydrogen-bond donors (Lipinski definition) is 1. The maximum atomic E-state index is 13.5. The van der Waals surface area contributed by atoms with Crippen molar-refractivity contribution in [1.82, 2.24) is 0 Å². The first-order chi connectivity index (χ1) is 8.49. The lowest BCUT2D eigenvalue weighted by atomic mass is 10.2. The van der Waals surface area contributed by atoms with E-state index in [0.717, 1.165) is 12.1 Å². The van der Waals surface area contributed by atoms with E-state index >= 15 is 0 Å². The molecule has 0 unspecified atom stereocenters. The van der Waals surface area contributed by atoms with Gasteiger partial charge in [0.05, 0.1) is 0 Å². The molecule has 1 amide bonds. The second-order valence-electron chi connectivity index (χ2n) is 4.71. The summed E-state index contributed by atoms with van der Waals surface area (Å²) in [4.78, 5) is 10.8. The average Bonchev–Trinajstić information content (AvgIpc) is 2.11. The molecule has 0 bridgehead atoms. The van der Waals surface area contributed by atoms with E-state index < -0.39 is 31.5 Å². The average molecular weight is 310 g/mol. The van der Waals surface area contributed by atoms with Crippen LogP contribution in [0.4, 0.5) is 14.9 Å². The molecule has 5 nitrogen and oxygen atoms in total. The number of halogens is 2. The van der Waals surface area contributed by atoms with Crippen LogP contribution in [0.25, 0.3) is 0 Å². The van der Waals surface area contributed by atoms with Crippen LogP contribution in [0, 0.1) is 5.82 Å². The van der Waals surface area contributed by atoms with Crippen LogP contribution < -0.4 is 5.32 Å². The monoisotopic (exact) mass is 309 g/mol. The molecule has 0 radical (unpaired) electrons. The molecule has 8 heteroatoms. The molecule has 0 saturated heterocycles. The van der Waals surface area contributed by atoms with Crippen LogP contribution in [0.1, 0.15) is 20.8 Å². The quantitative estimate of drug-likeness (QED) is 0.852. The van der Waals surface area contributed by atoms with E-state index in [1.807, 2.05) is 0 Å². The first-order valence-corrected chi connectivity index (χ1v) is 7.54. The molecule has 1 aromatic carbocycles. The molecule has 0 heterocycles. The SMILES string of the molecule is CC(C)(C)OC(=O)Nc1ccc(S(=O)(=O)Cl)c(F)c1. The van der Waals surface area contributed by atoms with Gasteiger partial charge in [-0.3, -0.25) is 5.32 Å². The normalized spacial score (nSPS) is 12.1. The number of amides is 1. The second-order valence-corrected chi connectivity index (χ2v) is 7.24. The number of hydrogen-bond acceptors (Lipinski definition) is 4. The molecule has 0 saturated carbocycles. The van der Waals surface area contributed by atoms with Crippen molar-refractivity contribution in [3.05, 3.63) is 24.0 Å². The third-order valence-electron chi connectivity index (χ3n) is 1.84. The van der Waals surface area contributed by atoms with Crippen LogP contribution in [-0.2, 0) is 13.8 Å². The van der Waals surface area contributed by atoms with E-state index in [1.165, 1.54) is 6.07 Å². The molecule has 19 heavy (non-hydrogen) atoms. The lowest BCUT2D eigenvalue weighted by molar-refractivity contribution is 0.0636. The summed E-state index contributed by atoms with van der Waals surface area (Å²) in [6.07, 6.45) is -0.770. The summed E-state index contributed by atoms with van der Waals surface area (Å²) >= 11 is 0. The van der Waals surface area contributed by atoms with Crippen molar-refractivity contribution in [2.24, 2.45) is 0 Å². The van der Waals surface area contributed by atoms with Crippen molar-refractivity contribution in [2.75, 3.05) is 5.32 Å². The lowest BCUT2D eigenvalue weighted by Crippen LogP contribution is -2.27. The van der Waals surface area contributed by atoms with E-state index in [9.17, 15) is 17.6 Å². The third-order valence-corrected chi connectivity index (χ3v) is 3.19. The van der Waals surface area contributed by atoms with Crippen molar-refractivity contribution in [3.63, 3.8) is 0 Å². The maximum Gasteiger partial charge on any atom is 0.412 e. The molecule has 1 N–H and O–H groups in total. The summed E-state index contributed by atoms with van der Waals surface area (Å²) in [6, 6.07) is 3.02. The molecule has 0 aliphatic rings. The van der Waals surface area contributed by atoms with Crippen LogP contribution in [0.3, 0.4) is 0 Å². The fourth-order valence-corrected chi connectivity index (χ4v) is 2.10. The van der Waals surface area contributed by atoms with Crippen LogP contribution in [-0.4, -0.2) is 20.1 Å². The zero-order valence-corrected chi connectivity index (χ0v) is 12.1. The van der Waals surface area contributed by atoms with Crippen LogP contribution >= 0.6 is 10.7 Å². The van der Waals surface area contributed by atoms with Crippen molar-refractivity contribution < 1.29 is 22.3 Å². The summed E-state index contributed by atoms with van der Waals surface area (Å²) in [6.45, 7) is 5.03. The Balaban J connectivity index is 2.89. The Morgan fingerprint density at radius 1 is 1.37 bits per heavy atom. The van der Waals surface area contributed by atoms with Gasteiger partial charge in [0, 0.05) is 16.4 Å². The predicted molar refractivity (Wildman–Crippen MR) is 69.3 cm³/mol. The summed E-state index contributed by atoms with van der Waals surface area (Å²) in [7, 11) is 0.875. The van der Waals surface area contributed by atoms with Crippen LogP contribution in [0.2, 0.25) is 0 Å². The van der Waals surface area contributed by atoms with E-state index in [4.69, 9.17) is 15.4 Å². The van der Waals surface area contributed by atoms with Gasteiger partial charge in [0.25, 0.3) is 9.05 Å². The lowest BCUT2D eigenvalue weighted by Gasteiger charge is -2.19. The van der Waals surface area contributed by atoms with Crippen LogP contribution in [0.5, 0.6) is 0 Å². The fraction of sp³-hybridized carbons (Fsp3) is 0.364. The van der Waals surface area contributed by atoms with Gasteiger partial charge in [0.15, 0.2) is 0 Å². The third kappa shape index (κ3) is 5.04. The highest BCUT2D eigenvalue weighted by molar-refractivity contribution is 8.13. The van der Waals surface area contributed by atoms with E-state index in [1.54, 1.807) is 20.8 Å². The highest BCUT2D eigenvalue weighted by Crippen LogP contribution is 2.22. The summed E-state index contributed by atoms with van der Waals surface area (Å²) in [5.41, 5.74) is -0.627. The Hall–Kier alpha value is -1.34. The molecule has 0 fully saturated rings. The topological polar surface area (TPSA) is 72.5 Å². The Bertz CT molecular complexity index is 595. The summed E-state index contributed by atoms with van der Waals surface area (Å²) in [5, 5.41) is 2.28. The minimum Gasteiger partial charge on any atom is -0.444 e. The largest absolute Gasteiger partial charge is 0.444 e. The van der Waals surface area contributed by atoms with Gasteiger partial charge in [0.2, 0.25) is 0 Å². The second kappa shape index (κ2) is 5.34. The highest BCUT2D eigenvalue weighted by atomic mass is 35.7. The van der Waals surface area contributed by atoms with Gasteiger partial charge in [-0.15, -0.1) is 0 Å². The van der Waals surface area contributed by atoms with Crippen molar-refractivity contribution in [3.8, 4) is 0 Å². The predicted octanol–water partition coefficient (Wildman–Crippen LogP) is 3.10. The van der Waals surface area contributed by atoms with E-state index in [2.05, 4.69) is 5.32 Å². The Morgan fingerprint density at radius 2 is 1.95 bits per heavy atom. The highest BCUT2D eigenvalue weighted by Gasteiger charge is 2.19. The smallest absolute Gasteiger partial charge is 0.412 e. The zero-order valence-electron chi connectivity index (χ0n) is 10.5. The van der Waals surface area contributed by atoms with Gasteiger partial charge in [-0.1, -0.05) is 0 Å². The molecule has 1 aromatic rings. The first-order valence-electron chi connectivity index (χ1n) is 5.23. The number of carbonyl (C=O) groups excluding carboxylic acids is 1. The van der Waals surface area contributed by atoms with Gasteiger partial charge in [-0.05, 0) is 39.0 Å². The molecule has 0 atom stereocenters. The number of carbonyl (C=O) groups is 1. The Kier molecular flexibility index (Phi) is 4.42. The molecule has 0 aliphatic carbocycles. The Labute approximate surface area is 115 Å². The fourth-order valence-electron chi connectivity index (χ4n) is 1.20. The first kappa shape index (κ1) is 15.7. The number of nitrogens with one attached hydrogen (secondary N) is 1. The van der Waals surface area contributed by atoms with Gasteiger partial charge < -0.3 is 4.74 Å².